The number of fused-ring (bicyclic) bond motifs is 1. The number of rotatable bonds is 4. The lowest BCUT2D eigenvalue weighted by Gasteiger charge is -2.12. The first-order valence-electron chi connectivity index (χ1n) is 7.43. The average Bonchev–Trinajstić information content (AvgIpc) is 2.94. The molecule has 0 fully saturated rings. The first-order valence-corrected chi connectivity index (χ1v) is 7.43. The molecule has 0 bridgehead atoms. The summed E-state index contributed by atoms with van der Waals surface area (Å²) in [5, 5.41) is 2.43. The highest BCUT2D eigenvalue weighted by Gasteiger charge is 2.37. The van der Waals surface area contributed by atoms with Crippen LogP contribution in [-0.2, 0) is 12.7 Å². The third-order valence-corrected chi connectivity index (χ3v) is 3.65. The summed E-state index contributed by atoms with van der Waals surface area (Å²) < 4.78 is 54.1. The van der Waals surface area contributed by atoms with Crippen LogP contribution in [0.4, 0.5) is 17.6 Å². The minimum Gasteiger partial charge on any atom is -0.350 e. The van der Waals surface area contributed by atoms with Gasteiger partial charge in [0, 0.05) is 13.1 Å². The number of nitrogens with one attached hydrogen (secondary N) is 1. The maximum atomic E-state index is 13.5. The summed E-state index contributed by atoms with van der Waals surface area (Å²) >= 11 is 0. The molecule has 3 rings (SSSR count). The van der Waals surface area contributed by atoms with Crippen molar-refractivity contribution < 1.29 is 22.4 Å². The van der Waals surface area contributed by atoms with Crippen LogP contribution in [0.3, 0.4) is 0 Å². The summed E-state index contributed by atoms with van der Waals surface area (Å²) in [6, 6.07) is 11.6. The molecule has 0 saturated heterocycles. The van der Waals surface area contributed by atoms with Crippen LogP contribution in [0.2, 0.25) is 0 Å². The van der Waals surface area contributed by atoms with Crippen LogP contribution in [0.5, 0.6) is 0 Å². The molecule has 1 N–H and O–H groups in total. The molecular formula is C17H13F4N3O. The highest BCUT2D eigenvalue weighted by atomic mass is 19.4. The second-order valence-corrected chi connectivity index (χ2v) is 5.31. The van der Waals surface area contributed by atoms with Gasteiger partial charge in [0.15, 0.2) is 0 Å². The second-order valence-electron chi connectivity index (χ2n) is 5.31. The van der Waals surface area contributed by atoms with Gasteiger partial charge in [-0.1, -0.05) is 24.3 Å². The SMILES string of the molecule is O=C(NCCn1c(C(F)(F)F)nc2ccccc21)c1ccccc1F. The number of carbonyl (C=O) groups is 1. The molecule has 0 atom stereocenters. The van der Waals surface area contributed by atoms with E-state index >= 15 is 0 Å². The van der Waals surface area contributed by atoms with Gasteiger partial charge in [0.1, 0.15) is 5.82 Å². The van der Waals surface area contributed by atoms with Gasteiger partial charge in [-0.3, -0.25) is 4.79 Å². The maximum absolute atomic E-state index is 13.5. The van der Waals surface area contributed by atoms with E-state index in [1.54, 1.807) is 12.1 Å². The summed E-state index contributed by atoms with van der Waals surface area (Å²) in [6.45, 7) is -0.244. The lowest BCUT2D eigenvalue weighted by molar-refractivity contribution is -0.146. The molecular weight excluding hydrogens is 338 g/mol. The van der Waals surface area contributed by atoms with Crippen molar-refractivity contribution in [3.05, 3.63) is 65.7 Å². The molecule has 1 amide bonds. The highest BCUT2D eigenvalue weighted by molar-refractivity contribution is 5.94. The number of hydrogen-bond donors (Lipinski definition) is 1. The van der Waals surface area contributed by atoms with E-state index < -0.39 is 23.7 Å². The molecule has 2 aromatic carbocycles. The maximum Gasteiger partial charge on any atom is 0.449 e. The molecule has 8 heteroatoms. The van der Waals surface area contributed by atoms with Gasteiger partial charge in [-0.25, -0.2) is 9.37 Å². The van der Waals surface area contributed by atoms with E-state index in [-0.39, 0.29) is 24.2 Å². The number of imidazole rings is 1. The smallest absolute Gasteiger partial charge is 0.350 e. The molecule has 25 heavy (non-hydrogen) atoms. The van der Waals surface area contributed by atoms with Crippen molar-refractivity contribution in [3.8, 4) is 0 Å². The Kier molecular flexibility index (Phi) is 4.43. The molecule has 0 aliphatic heterocycles. The molecule has 0 aliphatic carbocycles. The second kappa shape index (κ2) is 6.54. The van der Waals surface area contributed by atoms with Gasteiger partial charge in [-0.2, -0.15) is 13.2 Å². The highest BCUT2D eigenvalue weighted by Crippen LogP contribution is 2.31. The van der Waals surface area contributed by atoms with Gasteiger partial charge in [-0.05, 0) is 24.3 Å². The predicted octanol–water partition coefficient (Wildman–Crippen LogP) is 3.62. The van der Waals surface area contributed by atoms with Gasteiger partial charge in [0.2, 0.25) is 5.82 Å². The number of hydrogen-bond acceptors (Lipinski definition) is 2. The molecule has 0 unspecified atom stereocenters. The summed E-state index contributed by atoms with van der Waals surface area (Å²) in [4.78, 5) is 15.6. The van der Waals surface area contributed by atoms with Crippen molar-refractivity contribution in [2.24, 2.45) is 0 Å². The van der Waals surface area contributed by atoms with Crippen molar-refractivity contribution in [1.82, 2.24) is 14.9 Å². The zero-order valence-electron chi connectivity index (χ0n) is 12.8. The van der Waals surface area contributed by atoms with Crippen LogP contribution < -0.4 is 5.32 Å². The van der Waals surface area contributed by atoms with Gasteiger partial charge < -0.3 is 9.88 Å². The van der Waals surface area contributed by atoms with E-state index in [1.807, 2.05) is 0 Å². The molecule has 0 radical (unpaired) electrons. The zero-order valence-corrected chi connectivity index (χ0v) is 12.8. The van der Waals surface area contributed by atoms with Gasteiger partial charge in [0.25, 0.3) is 5.91 Å². The largest absolute Gasteiger partial charge is 0.449 e. The third-order valence-electron chi connectivity index (χ3n) is 3.65. The van der Waals surface area contributed by atoms with Crippen LogP contribution in [0.15, 0.2) is 48.5 Å². The fourth-order valence-electron chi connectivity index (χ4n) is 2.54. The topological polar surface area (TPSA) is 46.9 Å². The summed E-state index contributed by atoms with van der Waals surface area (Å²) in [6.07, 6.45) is -4.62. The Labute approximate surface area is 140 Å². The lowest BCUT2D eigenvalue weighted by Crippen LogP contribution is -2.29. The Bertz CT molecular complexity index is 918. The Balaban J connectivity index is 1.79. The summed E-state index contributed by atoms with van der Waals surface area (Å²) in [5.74, 6) is -2.41. The van der Waals surface area contributed by atoms with Crippen molar-refractivity contribution in [2.45, 2.75) is 12.7 Å². The predicted molar refractivity (Wildman–Crippen MR) is 83.5 cm³/mol. The quantitative estimate of drug-likeness (QED) is 0.730. The molecule has 3 aromatic rings. The minimum absolute atomic E-state index is 0.101. The molecule has 4 nitrogen and oxygen atoms in total. The number of carbonyl (C=O) groups excluding carboxylic acids is 1. The first kappa shape index (κ1) is 16.9. The Hall–Kier alpha value is -2.90. The number of aromatic nitrogens is 2. The number of nitrogens with zero attached hydrogens (tertiary/aromatic N) is 2. The number of benzene rings is 2. The first-order chi connectivity index (χ1) is 11.9. The molecule has 0 saturated carbocycles. The van der Waals surface area contributed by atoms with Crippen LogP contribution in [0.25, 0.3) is 11.0 Å². The third kappa shape index (κ3) is 3.47. The number of para-hydroxylation sites is 2. The molecule has 0 aliphatic rings. The van der Waals surface area contributed by atoms with Crippen molar-refractivity contribution in [3.63, 3.8) is 0 Å². The number of alkyl halides is 3. The van der Waals surface area contributed by atoms with E-state index in [9.17, 15) is 22.4 Å². The van der Waals surface area contributed by atoms with Crippen molar-refractivity contribution in [2.75, 3.05) is 6.54 Å². The van der Waals surface area contributed by atoms with Crippen molar-refractivity contribution in [1.29, 1.82) is 0 Å². The Morgan fingerprint density at radius 2 is 1.76 bits per heavy atom. The van der Waals surface area contributed by atoms with Gasteiger partial charge in [0.05, 0.1) is 16.6 Å². The van der Waals surface area contributed by atoms with Gasteiger partial charge in [-0.15, -0.1) is 0 Å². The summed E-state index contributed by atoms with van der Waals surface area (Å²) in [7, 11) is 0. The van der Waals surface area contributed by atoms with Crippen molar-refractivity contribution >= 4 is 16.9 Å². The Morgan fingerprint density at radius 1 is 1.08 bits per heavy atom. The lowest BCUT2D eigenvalue weighted by atomic mass is 10.2. The number of halogens is 4. The monoisotopic (exact) mass is 351 g/mol. The molecule has 1 aromatic heterocycles. The number of amides is 1. The van der Waals surface area contributed by atoms with Gasteiger partial charge >= 0.3 is 6.18 Å². The fourth-order valence-corrected chi connectivity index (χ4v) is 2.54. The van der Waals surface area contributed by atoms with E-state index in [0.717, 1.165) is 10.6 Å². The molecule has 130 valence electrons. The van der Waals surface area contributed by atoms with E-state index in [2.05, 4.69) is 10.3 Å². The summed E-state index contributed by atoms with van der Waals surface area (Å²) in [5.41, 5.74) is 0.374. The molecule has 1 heterocycles. The van der Waals surface area contributed by atoms with E-state index in [4.69, 9.17) is 0 Å². The average molecular weight is 351 g/mol. The standard InChI is InChI=1S/C17H13F4N3O/c18-12-6-2-1-5-11(12)15(25)22-9-10-24-14-8-4-3-7-13(14)23-16(24)17(19,20)21/h1-8H,9-10H2,(H,22,25). The zero-order chi connectivity index (χ0) is 18.0. The minimum atomic E-state index is -4.62. The van der Waals surface area contributed by atoms with E-state index in [0.29, 0.717) is 5.52 Å². The molecule has 0 spiro atoms. The van der Waals surface area contributed by atoms with Crippen LogP contribution in [0.1, 0.15) is 16.2 Å². The normalized spacial score (nSPS) is 11.7. The Morgan fingerprint density at radius 3 is 2.48 bits per heavy atom. The van der Waals surface area contributed by atoms with Crippen LogP contribution >= 0.6 is 0 Å². The van der Waals surface area contributed by atoms with Crippen LogP contribution in [-0.4, -0.2) is 22.0 Å². The van der Waals surface area contributed by atoms with E-state index in [1.165, 1.54) is 30.3 Å². The van der Waals surface area contributed by atoms with Crippen LogP contribution in [0, 0.1) is 5.82 Å². The fraction of sp³-hybridized carbons (Fsp3) is 0.176.